The molecule has 1 rings (SSSR count). The van der Waals surface area contributed by atoms with Crippen LogP contribution in [0, 0.1) is 0 Å². The molecule has 4 nitrogen and oxygen atoms in total. The fourth-order valence-corrected chi connectivity index (χ4v) is 0.345. The predicted octanol–water partition coefficient (Wildman–Crippen LogP) is -1.26. The normalized spacial score (nSPS) is 28.3. The van der Waals surface area contributed by atoms with Gasteiger partial charge in [-0.25, -0.2) is 0 Å². The minimum Gasteiger partial charge on any atom is -0.355 e. The molecular weight excluding hydrogens is 94.1 g/mol. The Morgan fingerprint density at radius 2 is 2.71 bits per heavy atom. The topological polar surface area (TPSA) is 47.9 Å². The van der Waals surface area contributed by atoms with Gasteiger partial charge in [0.05, 0.1) is 0 Å². The summed E-state index contributed by atoms with van der Waals surface area (Å²) in [5, 5.41) is 12.2. The first-order valence-corrected chi connectivity index (χ1v) is 1.99. The molecule has 4 heteroatoms. The first-order valence-electron chi connectivity index (χ1n) is 1.99. The third kappa shape index (κ3) is 0.640. The molecule has 0 spiro atoms. The van der Waals surface area contributed by atoms with E-state index < -0.39 is 6.35 Å². The molecule has 0 saturated heterocycles. The van der Waals surface area contributed by atoms with Gasteiger partial charge in [-0.1, -0.05) is 0 Å². The molecule has 1 aliphatic rings. The minimum atomic E-state index is -0.625. The first kappa shape index (κ1) is 4.39. The highest BCUT2D eigenvalue weighted by molar-refractivity contribution is 5.55. The fraction of sp³-hybridized carbons (Fsp3) is 0.667. The zero-order valence-corrected chi connectivity index (χ0v) is 4.00. The smallest absolute Gasteiger partial charge is 0.220 e. The Morgan fingerprint density at radius 3 is 2.86 bits per heavy atom. The summed E-state index contributed by atoms with van der Waals surface area (Å²) in [7, 11) is 1.73. The Labute approximate surface area is 41.4 Å². The summed E-state index contributed by atoms with van der Waals surface area (Å²) in [5.74, 6) is 0. The maximum atomic E-state index is 8.69. The third-order valence-electron chi connectivity index (χ3n) is 0.816. The second kappa shape index (κ2) is 1.38. The Kier molecular flexibility index (Phi) is 0.867. The average molecular weight is 101 g/mol. The van der Waals surface area contributed by atoms with E-state index in [9.17, 15) is 0 Å². The van der Waals surface area contributed by atoms with Gasteiger partial charge in [0.1, 0.15) is 6.34 Å². The van der Waals surface area contributed by atoms with Crippen molar-refractivity contribution in [3.8, 4) is 0 Å². The van der Waals surface area contributed by atoms with E-state index in [1.165, 1.54) is 6.34 Å². The molecule has 2 N–H and O–H groups in total. The largest absolute Gasteiger partial charge is 0.355 e. The van der Waals surface area contributed by atoms with E-state index in [2.05, 4.69) is 10.5 Å². The summed E-state index contributed by atoms with van der Waals surface area (Å²) in [6, 6.07) is 0. The highest BCUT2D eigenvalue weighted by atomic mass is 16.3. The summed E-state index contributed by atoms with van der Waals surface area (Å²) in [6.45, 7) is 0. The van der Waals surface area contributed by atoms with Crippen LogP contribution >= 0.6 is 0 Å². The maximum Gasteiger partial charge on any atom is 0.220 e. The molecular formula is C3H7N3O. The summed E-state index contributed by atoms with van der Waals surface area (Å²) in [6.07, 6.45) is 0.894. The second-order valence-electron chi connectivity index (χ2n) is 1.41. The minimum absolute atomic E-state index is 0.625. The Morgan fingerprint density at radius 1 is 2.00 bits per heavy atom. The lowest BCUT2D eigenvalue weighted by Gasteiger charge is -2.10. The summed E-state index contributed by atoms with van der Waals surface area (Å²) in [5.41, 5.74) is 2.42. The van der Waals surface area contributed by atoms with E-state index in [-0.39, 0.29) is 0 Å². The van der Waals surface area contributed by atoms with Gasteiger partial charge in [-0.3, -0.25) is 5.43 Å². The van der Waals surface area contributed by atoms with Crippen LogP contribution in [0.2, 0.25) is 0 Å². The van der Waals surface area contributed by atoms with Crippen LogP contribution in [0.15, 0.2) is 5.10 Å². The second-order valence-corrected chi connectivity index (χ2v) is 1.41. The number of hydrogen-bond donors (Lipinski definition) is 2. The predicted molar refractivity (Wildman–Crippen MR) is 25.4 cm³/mol. The van der Waals surface area contributed by atoms with Gasteiger partial charge in [-0.15, -0.1) is 0 Å². The molecule has 0 aromatic carbocycles. The van der Waals surface area contributed by atoms with Gasteiger partial charge in [0.15, 0.2) is 0 Å². The quantitative estimate of drug-likeness (QED) is 0.400. The Bertz CT molecular complexity index is 92.2. The molecule has 7 heavy (non-hydrogen) atoms. The molecule has 0 aromatic heterocycles. The standard InChI is InChI=1S/C3H7N3O/c1-6-2-4-5-3(6)7/h2-3,5,7H,1H3. The molecule has 0 amide bonds. The van der Waals surface area contributed by atoms with Crippen LogP contribution < -0.4 is 5.43 Å². The highest BCUT2D eigenvalue weighted by Gasteiger charge is 2.08. The van der Waals surface area contributed by atoms with Crippen molar-refractivity contribution in [1.29, 1.82) is 0 Å². The van der Waals surface area contributed by atoms with Crippen LogP contribution in [0.5, 0.6) is 0 Å². The van der Waals surface area contributed by atoms with E-state index in [1.807, 2.05) is 0 Å². The molecule has 1 unspecified atom stereocenters. The van der Waals surface area contributed by atoms with Gasteiger partial charge >= 0.3 is 0 Å². The number of aliphatic hydroxyl groups is 1. The van der Waals surface area contributed by atoms with Crippen molar-refractivity contribution >= 4 is 6.34 Å². The number of rotatable bonds is 0. The Balaban J connectivity index is 2.45. The lowest BCUT2D eigenvalue weighted by atomic mass is 10.8. The van der Waals surface area contributed by atoms with Crippen LogP contribution in [0.3, 0.4) is 0 Å². The van der Waals surface area contributed by atoms with Crippen LogP contribution in [0.1, 0.15) is 0 Å². The van der Waals surface area contributed by atoms with E-state index in [0.717, 1.165) is 0 Å². The lowest BCUT2D eigenvalue weighted by molar-refractivity contribution is 0.0578. The van der Waals surface area contributed by atoms with Crippen molar-refractivity contribution in [2.75, 3.05) is 7.05 Å². The summed E-state index contributed by atoms with van der Waals surface area (Å²) >= 11 is 0. The average Bonchev–Trinajstić information content (AvgIpc) is 1.91. The monoisotopic (exact) mass is 101 g/mol. The van der Waals surface area contributed by atoms with Gasteiger partial charge in [0.25, 0.3) is 0 Å². The van der Waals surface area contributed by atoms with Crippen LogP contribution in [0.25, 0.3) is 0 Å². The molecule has 40 valence electrons. The van der Waals surface area contributed by atoms with E-state index in [1.54, 1.807) is 11.9 Å². The van der Waals surface area contributed by atoms with Crippen molar-refractivity contribution in [3.05, 3.63) is 0 Å². The summed E-state index contributed by atoms with van der Waals surface area (Å²) < 4.78 is 0. The molecule has 1 aliphatic heterocycles. The van der Waals surface area contributed by atoms with Crippen molar-refractivity contribution in [1.82, 2.24) is 10.3 Å². The number of aliphatic hydroxyl groups excluding tert-OH is 1. The molecule has 0 fully saturated rings. The van der Waals surface area contributed by atoms with Gasteiger partial charge in [-0.05, 0) is 0 Å². The maximum absolute atomic E-state index is 8.69. The zero-order valence-electron chi connectivity index (χ0n) is 4.00. The number of hydrogen-bond acceptors (Lipinski definition) is 4. The van der Waals surface area contributed by atoms with Crippen molar-refractivity contribution in [2.24, 2.45) is 5.10 Å². The van der Waals surface area contributed by atoms with Crippen LogP contribution in [-0.4, -0.2) is 29.7 Å². The van der Waals surface area contributed by atoms with Crippen LogP contribution in [-0.2, 0) is 0 Å². The van der Waals surface area contributed by atoms with E-state index >= 15 is 0 Å². The fourth-order valence-electron chi connectivity index (χ4n) is 0.345. The SMILES string of the molecule is CN1C=NNC1O. The summed E-state index contributed by atoms with van der Waals surface area (Å²) in [4.78, 5) is 1.56. The molecule has 0 aliphatic carbocycles. The van der Waals surface area contributed by atoms with Crippen LogP contribution in [0.4, 0.5) is 0 Å². The van der Waals surface area contributed by atoms with Gasteiger partial charge < -0.3 is 10.0 Å². The molecule has 0 saturated carbocycles. The molecule has 0 aromatic rings. The lowest BCUT2D eigenvalue weighted by Crippen LogP contribution is -2.32. The molecule has 1 heterocycles. The van der Waals surface area contributed by atoms with Gasteiger partial charge in [0.2, 0.25) is 6.35 Å². The number of nitrogens with one attached hydrogen (secondary N) is 1. The molecule has 0 bridgehead atoms. The van der Waals surface area contributed by atoms with Gasteiger partial charge in [0, 0.05) is 7.05 Å². The number of nitrogens with zero attached hydrogens (tertiary/aromatic N) is 2. The van der Waals surface area contributed by atoms with Crippen molar-refractivity contribution < 1.29 is 5.11 Å². The van der Waals surface area contributed by atoms with Crippen molar-refractivity contribution in [3.63, 3.8) is 0 Å². The third-order valence-corrected chi connectivity index (χ3v) is 0.816. The Hall–Kier alpha value is -0.770. The molecule has 0 radical (unpaired) electrons. The first-order chi connectivity index (χ1) is 3.30. The molecule has 1 atom stereocenters. The zero-order chi connectivity index (χ0) is 5.28. The van der Waals surface area contributed by atoms with E-state index in [4.69, 9.17) is 5.11 Å². The highest BCUT2D eigenvalue weighted by Crippen LogP contribution is 1.88. The number of hydrazone groups is 1. The van der Waals surface area contributed by atoms with E-state index in [0.29, 0.717) is 0 Å². The van der Waals surface area contributed by atoms with Gasteiger partial charge in [-0.2, -0.15) is 5.10 Å². The van der Waals surface area contributed by atoms with Crippen molar-refractivity contribution in [2.45, 2.75) is 6.35 Å².